The Bertz CT molecular complexity index is 256. The lowest BCUT2D eigenvalue weighted by Crippen LogP contribution is -2.07. The van der Waals surface area contributed by atoms with Gasteiger partial charge in [0.1, 0.15) is 5.78 Å². The number of ketones is 1. The van der Waals surface area contributed by atoms with Crippen molar-refractivity contribution in [1.29, 1.82) is 0 Å². The second-order valence-corrected chi connectivity index (χ2v) is 2.86. The van der Waals surface area contributed by atoms with E-state index in [1.165, 1.54) is 0 Å². The van der Waals surface area contributed by atoms with Crippen LogP contribution in [0.1, 0.15) is 31.7 Å². The highest BCUT2D eigenvalue weighted by Gasteiger charge is 2.13. The molecular formula is C10H13NO. The zero-order chi connectivity index (χ0) is 8.97. The minimum atomic E-state index is 0.0266. The van der Waals surface area contributed by atoms with Crippen molar-refractivity contribution in [3.8, 4) is 0 Å². The van der Waals surface area contributed by atoms with Gasteiger partial charge in [-0.2, -0.15) is 0 Å². The minimum Gasteiger partial charge on any atom is -0.299 e. The van der Waals surface area contributed by atoms with E-state index in [0.717, 1.165) is 12.0 Å². The van der Waals surface area contributed by atoms with Crippen LogP contribution in [0.4, 0.5) is 0 Å². The molecule has 0 spiro atoms. The third-order valence-electron chi connectivity index (χ3n) is 1.99. The van der Waals surface area contributed by atoms with Crippen LogP contribution in [0.25, 0.3) is 0 Å². The van der Waals surface area contributed by atoms with Crippen LogP contribution in [0.15, 0.2) is 24.5 Å². The molecule has 1 rings (SSSR count). The highest BCUT2D eigenvalue weighted by atomic mass is 16.1. The largest absolute Gasteiger partial charge is 0.299 e. The van der Waals surface area contributed by atoms with Crippen molar-refractivity contribution in [2.75, 3.05) is 0 Å². The number of nitrogens with zero attached hydrogens (tertiary/aromatic N) is 1. The Labute approximate surface area is 72.6 Å². The first-order valence-corrected chi connectivity index (χ1v) is 4.16. The van der Waals surface area contributed by atoms with Gasteiger partial charge in [0, 0.05) is 18.3 Å². The summed E-state index contributed by atoms with van der Waals surface area (Å²) in [6.45, 7) is 3.64. The van der Waals surface area contributed by atoms with Crippen molar-refractivity contribution in [2.45, 2.75) is 26.2 Å². The van der Waals surface area contributed by atoms with Crippen molar-refractivity contribution in [2.24, 2.45) is 0 Å². The number of carbonyl (C=O) groups is 1. The number of aromatic nitrogens is 1. The molecule has 2 nitrogen and oxygen atoms in total. The highest BCUT2D eigenvalue weighted by Crippen LogP contribution is 2.18. The number of carbonyl (C=O) groups excluding carboxylic acids is 1. The van der Waals surface area contributed by atoms with E-state index in [-0.39, 0.29) is 11.7 Å². The first kappa shape index (κ1) is 8.91. The van der Waals surface area contributed by atoms with Crippen LogP contribution in [0.3, 0.4) is 0 Å². The second-order valence-electron chi connectivity index (χ2n) is 2.86. The standard InChI is InChI=1S/C10H13NO/c1-3-10(8(2)12)9-5-4-6-11-7-9/h4-7,10H,3H2,1-2H3. The van der Waals surface area contributed by atoms with E-state index in [4.69, 9.17) is 0 Å². The van der Waals surface area contributed by atoms with Crippen LogP contribution in [0.5, 0.6) is 0 Å². The fourth-order valence-corrected chi connectivity index (χ4v) is 1.34. The molecule has 1 aromatic heterocycles. The van der Waals surface area contributed by atoms with Gasteiger partial charge >= 0.3 is 0 Å². The molecule has 12 heavy (non-hydrogen) atoms. The normalized spacial score (nSPS) is 12.5. The maximum absolute atomic E-state index is 11.1. The van der Waals surface area contributed by atoms with Gasteiger partial charge in [-0.3, -0.25) is 9.78 Å². The summed E-state index contributed by atoms with van der Waals surface area (Å²) in [5.41, 5.74) is 1.02. The van der Waals surface area contributed by atoms with Crippen LogP contribution in [0, 0.1) is 0 Å². The van der Waals surface area contributed by atoms with Crippen LogP contribution < -0.4 is 0 Å². The summed E-state index contributed by atoms with van der Waals surface area (Å²) in [6, 6.07) is 3.81. The van der Waals surface area contributed by atoms with Gasteiger partial charge in [0.25, 0.3) is 0 Å². The Morgan fingerprint density at radius 1 is 1.67 bits per heavy atom. The lowest BCUT2D eigenvalue weighted by molar-refractivity contribution is -0.118. The smallest absolute Gasteiger partial charge is 0.137 e. The summed E-state index contributed by atoms with van der Waals surface area (Å²) in [5.74, 6) is 0.240. The molecule has 0 saturated heterocycles. The van der Waals surface area contributed by atoms with E-state index in [9.17, 15) is 4.79 Å². The van der Waals surface area contributed by atoms with Crippen molar-refractivity contribution in [1.82, 2.24) is 4.98 Å². The Balaban J connectivity index is 2.88. The summed E-state index contributed by atoms with van der Waals surface area (Å²) in [6.07, 6.45) is 4.33. The molecule has 0 aliphatic heterocycles. The molecule has 0 amide bonds. The highest BCUT2D eigenvalue weighted by molar-refractivity contribution is 5.83. The molecule has 0 N–H and O–H groups in total. The molecule has 1 aromatic rings. The predicted octanol–water partition coefficient (Wildman–Crippen LogP) is 2.16. The van der Waals surface area contributed by atoms with Gasteiger partial charge < -0.3 is 0 Å². The molecule has 0 aromatic carbocycles. The third kappa shape index (κ3) is 1.91. The van der Waals surface area contributed by atoms with E-state index in [2.05, 4.69) is 4.98 Å². The van der Waals surface area contributed by atoms with E-state index < -0.39 is 0 Å². The maximum atomic E-state index is 11.1. The number of Topliss-reactive ketones (excluding diaryl/α,β-unsaturated/α-hetero) is 1. The summed E-state index contributed by atoms with van der Waals surface area (Å²) >= 11 is 0. The summed E-state index contributed by atoms with van der Waals surface area (Å²) < 4.78 is 0. The monoisotopic (exact) mass is 163 g/mol. The van der Waals surface area contributed by atoms with Crippen LogP contribution in [-0.2, 0) is 4.79 Å². The van der Waals surface area contributed by atoms with E-state index in [0.29, 0.717) is 0 Å². The third-order valence-corrected chi connectivity index (χ3v) is 1.99. The molecule has 1 unspecified atom stereocenters. The molecule has 1 heterocycles. The molecule has 2 heteroatoms. The summed E-state index contributed by atoms with van der Waals surface area (Å²) in [5, 5.41) is 0. The van der Waals surface area contributed by atoms with Gasteiger partial charge in [-0.05, 0) is 25.0 Å². The second kappa shape index (κ2) is 4.00. The minimum absolute atomic E-state index is 0.0266. The maximum Gasteiger partial charge on any atom is 0.137 e. The van der Waals surface area contributed by atoms with Crippen LogP contribution in [-0.4, -0.2) is 10.8 Å². The van der Waals surface area contributed by atoms with Gasteiger partial charge in [0.05, 0.1) is 0 Å². The molecule has 0 radical (unpaired) electrons. The Hall–Kier alpha value is -1.18. The fraction of sp³-hybridized carbons (Fsp3) is 0.400. The van der Waals surface area contributed by atoms with E-state index in [1.807, 2.05) is 19.1 Å². The van der Waals surface area contributed by atoms with Gasteiger partial charge in [-0.1, -0.05) is 13.0 Å². The molecular weight excluding hydrogens is 150 g/mol. The van der Waals surface area contributed by atoms with Crippen LogP contribution >= 0.6 is 0 Å². The van der Waals surface area contributed by atoms with Crippen molar-refractivity contribution < 1.29 is 4.79 Å². The molecule has 0 aliphatic rings. The van der Waals surface area contributed by atoms with Crippen molar-refractivity contribution in [3.05, 3.63) is 30.1 Å². The molecule has 64 valence electrons. The topological polar surface area (TPSA) is 30.0 Å². The number of pyridine rings is 1. The van der Waals surface area contributed by atoms with Crippen molar-refractivity contribution in [3.63, 3.8) is 0 Å². The predicted molar refractivity (Wildman–Crippen MR) is 48.0 cm³/mol. The molecule has 0 aliphatic carbocycles. The zero-order valence-electron chi connectivity index (χ0n) is 7.45. The quantitative estimate of drug-likeness (QED) is 0.683. The van der Waals surface area contributed by atoms with E-state index in [1.54, 1.807) is 19.3 Å². The first-order valence-electron chi connectivity index (χ1n) is 4.16. The Morgan fingerprint density at radius 3 is 2.83 bits per heavy atom. The number of rotatable bonds is 3. The van der Waals surface area contributed by atoms with Gasteiger partial charge in [0.15, 0.2) is 0 Å². The zero-order valence-corrected chi connectivity index (χ0v) is 7.45. The van der Waals surface area contributed by atoms with E-state index >= 15 is 0 Å². The average Bonchev–Trinajstić information content (AvgIpc) is 2.07. The number of hydrogen-bond acceptors (Lipinski definition) is 2. The lowest BCUT2D eigenvalue weighted by atomic mass is 9.95. The number of hydrogen-bond donors (Lipinski definition) is 0. The summed E-state index contributed by atoms with van der Waals surface area (Å²) in [4.78, 5) is 15.1. The molecule has 0 bridgehead atoms. The van der Waals surface area contributed by atoms with Gasteiger partial charge in [0.2, 0.25) is 0 Å². The average molecular weight is 163 g/mol. The van der Waals surface area contributed by atoms with Gasteiger partial charge in [-0.25, -0.2) is 0 Å². The Kier molecular flexibility index (Phi) is 2.97. The fourth-order valence-electron chi connectivity index (χ4n) is 1.34. The molecule has 0 fully saturated rings. The van der Waals surface area contributed by atoms with Crippen LogP contribution in [0.2, 0.25) is 0 Å². The summed E-state index contributed by atoms with van der Waals surface area (Å²) in [7, 11) is 0. The van der Waals surface area contributed by atoms with Gasteiger partial charge in [-0.15, -0.1) is 0 Å². The SMILES string of the molecule is CCC(C(C)=O)c1cccnc1. The van der Waals surface area contributed by atoms with Crippen molar-refractivity contribution >= 4 is 5.78 Å². The lowest BCUT2D eigenvalue weighted by Gasteiger charge is -2.09. The molecule has 1 atom stereocenters. The molecule has 0 saturated carbocycles. The first-order chi connectivity index (χ1) is 5.75. The Morgan fingerprint density at radius 2 is 2.42 bits per heavy atom.